The molecule has 2 aromatic rings. The molecule has 6 heteroatoms. The van der Waals surface area contributed by atoms with E-state index in [0.29, 0.717) is 32.1 Å². The van der Waals surface area contributed by atoms with Gasteiger partial charge in [0.1, 0.15) is 5.82 Å². The fourth-order valence-corrected chi connectivity index (χ4v) is 2.17. The van der Waals surface area contributed by atoms with Crippen LogP contribution < -0.4 is 10.6 Å². The summed E-state index contributed by atoms with van der Waals surface area (Å²) in [5, 5.41) is 7.31. The summed E-state index contributed by atoms with van der Waals surface area (Å²) in [7, 11) is 0. The zero-order valence-corrected chi connectivity index (χ0v) is 12.8. The lowest BCUT2D eigenvalue weighted by Crippen LogP contribution is -2.19. The number of aryl methyl sites for hydroxylation is 1. The molecule has 104 valence electrons. The standard InChI is InChI=1S/C14H11Cl2FN2S/c1-8-6-10(3-5-12(8)17)18-14(20)19-13-7-9(15)2-4-11(13)16/h2-7H,1H3,(H2,18,19,20). The Bertz CT molecular complexity index is 662. The highest BCUT2D eigenvalue weighted by Gasteiger charge is 2.05. The van der Waals surface area contributed by atoms with E-state index in [-0.39, 0.29) is 5.82 Å². The lowest BCUT2D eigenvalue weighted by molar-refractivity contribution is 0.619. The van der Waals surface area contributed by atoms with Crippen LogP contribution in [0, 0.1) is 12.7 Å². The third-order valence-corrected chi connectivity index (χ3v) is 3.36. The van der Waals surface area contributed by atoms with Gasteiger partial charge in [0, 0.05) is 10.7 Å². The molecular weight excluding hydrogens is 318 g/mol. The second-order valence-electron chi connectivity index (χ2n) is 4.17. The first kappa shape index (κ1) is 15.0. The maximum absolute atomic E-state index is 13.2. The number of halogens is 3. The Hall–Kier alpha value is -1.36. The molecule has 0 radical (unpaired) electrons. The number of hydrogen-bond donors (Lipinski definition) is 2. The van der Waals surface area contributed by atoms with Gasteiger partial charge in [0.05, 0.1) is 10.7 Å². The molecule has 0 aliphatic rings. The minimum absolute atomic E-state index is 0.257. The lowest BCUT2D eigenvalue weighted by Gasteiger charge is -2.12. The van der Waals surface area contributed by atoms with Gasteiger partial charge in [-0.3, -0.25) is 0 Å². The third kappa shape index (κ3) is 3.82. The summed E-state index contributed by atoms with van der Waals surface area (Å²) < 4.78 is 13.2. The number of thiocarbonyl (C=S) groups is 1. The van der Waals surface area contributed by atoms with Gasteiger partial charge >= 0.3 is 0 Å². The molecule has 2 nitrogen and oxygen atoms in total. The van der Waals surface area contributed by atoms with Crippen LogP contribution in [0.3, 0.4) is 0 Å². The Balaban J connectivity index is 2.09. The predicted molar refractivity (Wildman–Crippen MR) is 87.4 cm³/mol. The van der Waals surface area contributed by atoms with Gasteiger partial charge in [0.25, 0.3) is 0 Å². The molecule has 0 saturated carbocycles. The van der Waals surface area contributed by atoms with Gasteiger partial charge in [-0.05, 0) is 61.1 Å². The first-order valence-electron chi connectivity index (χ1n) is 5.75. The molecule has 0 unspecified atom stereocenters. The van der Waals surface area contributed by atoms with Gasteiger partial charge in [0.15, 0.2) is 5.11 Å². The van der Waals surface area contributed by atoms with Crippen LogP contribution in [0.1, 0.15) is 5.56 Å². The van der Waals surface area contributed by atoms with E-state index in [1.54, 1.807) is 37.3 Å². The molecule has 0 aliphatic heterocycles. The minimum atomic E-state index is -0.257. The van der Waals surface area contributed by atoms with Crippen LogP contribution >= 0.6 is 35.4 Å². The van der Waals surface area contributed by atoms with E-state index in [9.17, 15) is 4.39 Å². The molecule has 2 N–H and O–H groups in total. The van der Waals surface area contributed by atoms with Gasteiger partial charge in [-0.2, -0.15) is 0 Å². The van der Waals surface area contributed by atoms with Gasteiger partial charge < -0.3 is 10.6 Å². The maximum atomic E-state index is 13.2. The summed E-state index contributed by atoms with van der Waals surface area (Å²) >= 11 is 17.1. The van der Waals surface area contributed by atoms with Crippen molar-refractivity contribution in [3.05, 3.63) is 57.8 Å². The van der Waals surface area contributed by atoms with Crippen LogP contribution in [0.5, 0.6) is 0 Å². The molecule has 20 heavy (non-hydrogen) atoms. The molecule has 0 aliphatic carbocycles. The largest absolute Gasteiger partial charge is 0.332 e. The summed E-state index contributed by atoms with van der Waals surface area (Å²) in [4.78, 5) is 0. The number of benzene rings is 2. The molecule has 0 amide bonds. The van der Waals surface area contributed by atoms with Crippen molar-refractivity contribution in [3.8, 4) is 0 Å². The quantitative estimate of drug-likeness (QED) is 0.736. The van der Waals surface area contributed by atoms with E-state index < -0.39 is 0 Å². The molecule has 0 bridgehead atoms. The molecule has 0 heterocycles. The number of rotatable bonds is 2. The van der Waals surface area contributed by atoms with Gasteiger partial charge in [0.2, 0.25) is 0 Å². The van der Waals surface area contributed by atoms with Gasteiger partial charge in [-0.1, -0.05) is 23.2 Å². The molecule has 2 rings (SSSR count). The molecule has 0 saturated heterocycles. The SMILES string of the molecule is Cc1cc(NC(=S)Nc2cc(Cl)ccc2Cl)ccc1F. The van der Waals surface area contributed by atoms with Crippen molar-refractivity contribution < 1.29 is 4.39 Å². The smallest absolute Gasteiger partial charge is 0.175 e. The zero-order valence-electron chi connectivity index (χ0n) is 10.5. The fourth-order valence-electron chi connectivity index (χ4n) is 1.60. The van der Waals surface area contributed by atoms with Crippen molar-refractivity contribution in [1.29, 1.82) is 0 Å². The molecule has 2 aromatic carbocycles. The highest BCUT2D eigenvalue weighted by Crippen LogP contribution is 2.25. The summed E-state index contributed by atoms with van der Waals surface area (Å²) in [6.45, 7) is 1.69. The topological polar surface area (TPSA) is 24.1 Å². The third-order valence-electron chi connectivity index (χ3n) is 2.59. The van der Waals surface area contributed by atoms with E-state index in [2.05, 4.69) is 10.6 Å². The van der Waals surface area contributed by atoms with Crippen LogP contribution in [0.25, 0.3) is 0 Å². The van der Waals surface area contributed by atoms with Crippen LogP contribution in [-0.4, -0.2) is 5.11 Å². The number of anilines is 2. The highest BCUT2D eigenvalue weighted by atomic mass is 35.5. The molecular formula is C14H11Cl2FN2S. The van der Waals surface area contributed by atoms with Crippen molar-refractivity contribution in [2.45, 2.75) is 6.92 Å². The summed E-state index contributed by atoms with van der Waals surface area (Å²) in [5.41, 5.74) is 1.84. The van der Waals surface area contributed by atoms with Crippen molar-refractivity contribution in [3.63, 3.8) is 0 Å². The Morgan fingerprint density at radius 2 is 1.85 bits per heavy atom. The Morgan fingerprint density at radius 3 is 2.55 bits per heavy atom. The second kappa shape index (κ2) is 6.39. The van der Waals surface area contributed by atoms with Crippen molar-refractivity contribution in [2.75, 3.05) is 10.6 Å². The average Bonchev–Trinajstić information content (AvgIpc) is 2.38. The van der Waals surface area contributed by atoms with E-state index in [1.807, 2.05) is 0 Å². The Morgan fingerprint density at radius 1 is 1.10 bits per heavy atom. The van der Waals surface area contributed by atoms with Gasteiger partial charge in [-0.25, -0.2) is 4.39 Å². The van der Waals surface area contributed by atoms with E-state index >= 15 is 0 Å². The Labute approximate surface area is 131 Å². The van der Waals surface area contributed by atoms with E-state index in [4.69, 9.17) is 35.4 Å². The fraction of sp³-hybridized carbons (Fsp3) is 0.0714. The maximum Gasteiger partial charge on any atom is 0.175 e. The molecule has 0 spiro atoms. The zero-order chi connectivity index (χ0) is 14.7. The first-order valence-corrected chi connectivity index (χ1v) is 6.91. The lowest BCUT2D eigenvalue weighted by atomic mass is 10.2. The van der Waals surface area contributed by atoms with Crippen molar-refractivity contribution >= 4 is 51.9 Å². The van der Waals surface area contributed by atoms with Crippen LogP contribution in [0.2, 0.25) is 10.0 Å². The van der Waals surface area contributed by atoms with Crippen molar-refractivity contribution in [1.82, 2.24) is 0 Å². The van der Waals surface area contributed by atoms with Crippen LogP contribution in [-0.2, 0) is 0 Å². The number of nitrogens with one attached hydrogen (secondary N) is 2. The summed E-state index contributed by atoms with van der Waals surface area (Å²) in [6.07, 6.45) is 0. The number of hydrogen-bond acceptors (Lipinski definition) is 1. The van der Waals surface area contributed by atoms with Gasteiger partial charge in [-0.15, -0.1) is 0 Å². The molecule has 0 atom stereocenters. The molecule has 0 fully saturated rings. The average molecular weight is 329 g/mol. The first-order chi connectivity index (χ1) is 9.45. The highest BCUT2D eigenvalue weighted by molar-refractivity contribution is 7.80. The van der Waals surface area contributed by atoms with Crippen molar-refractivity contribution in [2.24, 2.45) is 0 Å². The summed E-state index contributed by atoms with van der Waals surface area (Å²) in [5.74, 6) is -0.257. The van der Waals surface area contributed by atoms with Crippen LogP contribution in [0.15, 0.2) is 36.4 Å². The normalized spacial score (nSPS) is 10.2. The monoisotopic (exact) mass is 328 g/mol. The summed E-state index contributed by atoms with van der Waals surface area (Å²) in [6, 6.07) is 9.70. The minimum Gasteiger partial charge on any atom is -0.332 e. The van der Waals surface area contributed by atoms with E-state index in [1.165, 1.54) is 6.07 Å². The molecule has 0 aromatic heterocycles. The predicted octanol–water partition coefficient (Wildman–Crippen LogP) is 5.25. The second-order valence-corrected chi connectivity index (χ2v) is 5.42. The van der Waals surface area contributed by atoms with Crippen LogP contribution in [0.4, 0.5) is 15.8 Å². The Kier molecular flexibility index (Phi) is 4.81. The van der Waals surface area contributed by atoms with E-state index in [0.717, 1.165) is 0 Å².